The molecule has 3 nitrogen and oxygen atoms in total. The molecule has 90 valence electrons. The highest BCUT2D eigenvalue weighted by Gasteiger charge is 2.36. The Labute approximate surface area is 98.4 Å². The molecule has 1 unspecified atom stereocenters. The highest BCUT2D eigenvalue weighted by molar-refractivity contribution is 5.82. The fraction of sp³-hybridized carbons (Fsp3) is 0.769. The molecule has 1 aliphatic heterocycles. The molecule has 0 aromatic rings. The molecule has 1 amide bonds. The van der Waals surface area contributed by atoms with Crippen molar-refractivity contribution in [3.63, 3.8) is 0 Å². The Hall–Kier alpha value is -1.01. The van der Waals surface area contributed by atoms with E-state index in [9.17, 15) is 4.79 Å². The maximum Gasteiger partial charge on any atom is 0.237 e. The molecule has 1 saturated heterocycles. The van der Waals surface area contributed by atoms with Crippen LogP contribution in [-0.2, 0) is 4.79 Å². The first-order valence-corrected chi connectivity index (χ1v) is 6.02. The largest absolute Gasteiger partial charge is 0.355 e. The Balaban J connectivity index is 2.37. The minimum Gasteiger partial charge on any atom is -0.355 e. The van der Waals surface area contributed by atoms with Gasteiger partial charge in [0.2, 0.25) is 5.91 Å². The molecule has 16 heavy (non-hydrogen) atoms. The van der Waals surface area contributed by atoms with Crippen LogP contribution in [0.15, 0.2) is 0 Å². The fourth-order valence-corrected chi connectivity index (χ4v) is 2.16. The maximum atomic E-state index is 12.0. The summed E-state index contributed by atoms with van der Waals surface area (Å²) in [6.45, 7) is 5.90. The van der Waals surface area contributed by atoms with E-state index in [0.717, 1.165) is 32.2 Å². The van der Waals surface area contributed by atoms with Crippen LogP contribution in [0.2, 0.25) is 0 Å². The molecule has 0 aromatic carbocycles. The SMILES string of the molecule is C#CCCCNC(=O)C1NCCCC1(C)C. The summed E-state index contributed by atoms with van der Waals surface area (Å²) in [6.07, 6.45) is 8.98. The quantitative estimate of drug-likeness (QED) is 0.556. The minimum atomic E-state index is -0.0629. The van der Waals surface area contributed by atoms with Crippen LogP contribution >= 0.6 is 0 Å². The lowest BCUT2D eigenvalue weighted by Crippen LogP contribution is -2.55. The number of carbonyl (C=O) groups is 1. The molecule has 1 fully saturated rings. The van der Waals surface area contributed by atoms with Crippen molar-refractivity contribution in [2.24, 2.45) is 5.41 Å². The summed E-state index contributed by atoms with van der Waals surface area (Å²) in [5, 5.41) is 6.24. The van der Waals surface area contributed by atoms with Crippen molar-refractivity contribution in [1.29, 1.82) is 0 Å². The molecule has 0 aromatic heterocycles. The van der Waals surface area contributed by atoms with Crippen molar-refractivity contribution < 1.29 is 4.79 Å². The van der Waals surface area contributed by atoms with Crippen LogP contribution < -0.4 is 10.6 Å². The second kappa shape index (κ2) is 5.91. The number of hydrogen-bond donors (Lipinski definition) is 2. The number of amides is 1. The molecule has 0 aliphatic carbocycles. The van der Waals surface area contributed by atoms with E-state index < -0.39 is 0 Å². The number of piperidine rings is 1. The second-order valence-corrected chi connectivity index (χ2v) is 5.08. The highest BCUT2D eigenvalue weighted by Crippen LogP contribution is 2.29. The zero-order valence-electron chi connectivity index (χ0n) is 10.3. The van der Waals surface area contributed by atoms with Crippen molar-refractivity contribution in [2.75, 3.05) is 13.1 Å². The van der Waals surface area contributed by atoms with E-state index >= 15 is 0 Å². The van der Waals surface area contributed by atoms with Gasteiger partial charge in [0.1, 0.15) is 0 Å². The first-order chi connectivity index (χ1) is 7.58. The number of terminal acetylenes is 1. The topological polar surface area (TPSA) is 41.1 Å². The van der Waals surface area contributed by atoms with Gasteiger partial charge in [-0.3, -0.25) is 4.79 Å². The normalized spacial score (nSPS) is 23.4. The monoisotopic (exact) mass is 222 g/mol. The number of hydrogen-bond acceptors (Lipinski definition) is 2. The predicted molar refractivity (Wildman–Crippen MR) is 65.9 cm³/mol. The van der Waals surface area contributed by atoms with E-state index in [4.69, 9.17) is 6.42 Å². The fourth-order valence-electron chi connectivity index (χ4n) is 2.16. The Kier molecular flexibility index (Phi) is 4.82. The first-order valence-electron chi connectivity index (χ1n) is 6.02. The van der Waals surface area contributed by atoms with Gasteiger partial charge in [0.25, 0.3) is 0 Å². The average molecular weight is 222 g/mol. The molecular weight excluding hydrogens is 200 g/mol. The van der Waals surface area contributed by atoms with Crippen LogP contribution in [0.1, 0.15) is 39.5 Å². The summed E-state index contributed by atoms with van der Waals surface area (Å²) < 4.78 is 0. The van der Waals surface area contributed by atoms with Crippen molar-refractivity contribution in [3.8, 4) is 12.3 Å². The standard InChI is InChI=1S/C13H22N2O/c1-4-5-6-9-15-12(16)11-13(2,3)8-7-10-14-11/h1,11,14H,5-10H2,2-3H3,(H,15,16). The van der Waals surface area contributed by atoms with Crippen LogP contribution in [0, 0.1) is 17.8 Å². The zero-order valence-corrected chi connectivity index (χ0v) is 10.3. The molecule has 0 saturated carbocycles. The maximum absolute atomic E-state index is 12.0. The number of carbonyl (C=O) groups excluding carboxylic acids is 1. The number of rotatable bonds is 4. The summed E-state index contributed by atoms with van der Waals surface area (Å²) in [4.78, 5) is 12.0. The van der Waals surface area contributed by atoms with Gasteiger partial charge in [0.05, 0.1) is 6.04 Å². The van der Waals surface area contributed by atoms with Gasteiger partial charge in [-0.15, -0.1) is 12.3 Å². The van der Waals surface area contributed by atoms with Gasteiger partial charge in [0, 0.05) is 13.0 Å². The number of unbranched alkanes of at least 4 members (excludes halogenated alkanes) is 1. The molecule has 0 bridgehead atoms. The number of nitrogens with one attached hydrogen (secondary N) is 2. The van der Waals surface area contributed by atoms with E-state index in [2.05, 4.69) is 30.4 Å². The van der Waals surface area contributed by atoms with Gasteiger partial charge >= 0.3 is 0 Å². The molecule has 0 spiro atoms. The van der Waals surface area contributed by atoms with Gasteiger partial charge in [0.15, 0.2) is 0 Å². The Morgan fingerprint density at radius 1 is 1.62 bits per heavy atom. The van der Waals surface area contributed by atoms with E-state index in [1.807, 2.05) is 0 Å². The highest BCUT2D eigenvalue weighted by atomic mass is 16.2. The van der Waals surface area contributed by atoms with E-state index in [0.29, 0.717) is 6.54 Å². The van der Waals surface area contributed by atoms with Crippen LogP contribution in [0.4, 0.5) is 0 Å². The van der Waals surface area contributed by atoms with Crippen LogP contribution in [0.3, 0.4) is 0 Å². The third-order valence-electron chi connectivity index (χ3n) is 3.19. The Bertz CT molecular complexity index is 278. The van der Waals surface area contributed by atoms with Gasteiger partial charge in [-0.05, 0) is 31.2 Å². The summed E-state index contributed by atoms with van der Waals surface area (Å²) in [7, 11) is 0. The third kappa shape index (κ3) is 3.53. The predicted octanol–water partition coefficient (Wildman–Crippen LogP) is 1.29. The zero-order chi connectivity index (χ0) is 12.0. The molecule has 3 heteroatoms. The smallest absolute Gasteiger partial charge is 0.237 e. The molecule has 0 radical (unpaired) electrons. The van der Waals surface area contributed by atoms with Crippen molar-refractivity contribution in [2.45, 2.75) is 45.6 Å². The van der Waals surface area contributed by atoms with Crippen molar-refractivity contribution in [3.05, 3.63) is 0 Å². The van der Waals surface area contributed by atoms with Gasteiger partial charge in [-0.1, -0.05) is 13.8 Å². The molecule has 1 rings (SSSR count). The summed E-state index contributed by atoms with van der Waals surface area (Å²) in [5.74, 6) is 2.68. The Morgan fingerprint density at radius 3 is 3.00 bits per heavy atom. The molecule has 1 aliphatic rings. The summed E-state index contributed by atoms with van der Waals surface area (Å²) in [5.41, 5.74) is 0.0501. The van der Waals surface area contributed by atoms with Crippen molar-refractivity contribution >= 4 is 5.91 Å². The summed E-state index contributed by atoms with van der Waals surface area (Å²) >= 11 is 0. The molecular formula is C13H22N2O. The van der Waals surface area contributed by atoms with Gasteiger partial charge in [-0.25, -0.2) is 0 Å². The molecule has 1 heterocycles. The van der Waals surface area contributed by atoms with Crippen LogP contribution in [0.25, 0.3) is 0 Å². The lowest BCUT2D eigenvalue weighted by molar-refractivity contribution is -0.126. The average Bonchev–Trinajstić information content (AvgIpc) is 2.23. The summed E-state index contributed by atoms with van der Waals surface area (Å²) in [6, 6.07) is -0.0629. The molecule has 2 N–H and O–H groups in total. The third-order valence-corrected chi connectivity index (χ3v) is 3.19. The van der Waals surface area contributed by atoms with Crippen LogP contribution in [-0.4, -0.2) is 25.0 Å². The van der Waals surface area contributed by atoms with Gasteiger partial charge in [-0.2, -0.15) is 0 Å². The van der Waals surface area contributed by atoms with Crippen LogP contribution in [0.5, 0.6) is 0 Å². The van der Waals surface area contributed by atoms with E-state index in [-0.39, 0.29) is 17.4 Å². The van der Waals surface area contributed by atoms with Crippen molar-refractivity contribution in [1.82, 2.24) is 10.6 Å². The second-order valence-electron chi connectivity index (χ2n) is 5.08. The minimum absolute atomic E-state index is 0.0501. The van der Waals surface area contributed by atoms with E-state index in [1.54, 1.807) is 0 Å². The van der Waals surface area contributed by atoms with E-state index in [1.165, 1.54) is 0 Å². The van der Waals surface area contributed by atoms with Gasteiger partial charge < -0.3 is 10.6 Å². The first kappa shape index (κ1) is 13.1. The lowest BCUT2D eigenvalue weighted by Gasteiger charge is -2.38. The Morgan fingerprint density at radius 2 is 2.38 bits per heavy atom. The molecule has 1 atom stereocenters. The lowest BCUT2D eigenvalue weighted by atomic mass is 9.77.